The highest BCUT2D eigenvalue weighted by Gasteiger charge is 2.17. The monoisotopic (exact) mass is 320 g/mol. The zero-order chi connectivity index (χ0) is 15.0. The van der Waals surface area contributed by atoms with Crippen molar-refractivity contribution in [3.05, 3.63) is 16.5 Å². The van der Waals surface area contributed by atoms with Gasteiger partial charge in [0.1, 0.15) is 4.21 Å². The van der Waals surface area contributed by atoms with Gasteiger partial charge in [0.2, 0.25) is 10.0 Å². The number of hydrogen-bond acceptors (Lipinski definition) is 5. The second kappa shape index (κ2) is 8.74. The van der Waals surface area contributed by atoms with Crippen LogP contribution in [0.15, 0.2) is 10.3 Å². The van der Waals surface area contributed by atoms with Gasteiger partial charge in [-0.1, -0.05) is 13.3 Å². The van der Waals surface area contributed by atoms with Crippen LogP contribution in [0.25, 0.3) is 0 Å². The van der Waals surface area contributed by atoms with Crippen molar-refractivity contribution in [1.29, 1.82) is 0 Å². The van der Waals surface area contributed by atoms with Crippen LogP contribution in [0.5, 0.6) is 0 Å². The summed E-state index contributed by atoms with van der Waals surface area (Å²) in [6.07, 6.45) is 2.83. The number of unbranched alkanes of at least 4 members (excludes halogenated alkanes) is 1. The Labute approximate surface area is 125 Å². The molecular weight excluding hydrogens is 296 g/mol. The summed E-state index contributed by atoms with van der Waals surface area (Å²) in [7, 11) is -3.41. The lowest BCUT2D eigenvalue weighted by Gasteiger charge is -2.05. The Kier molecular flexibility index (Phi) is 7.68. The van der Waals surface area contributed by atoms with Crippen LogP contribution in [-0.4, -0.2) is 28.2 Å². The fourth-order valence-electron chi connectivity index (χ4n) is 1.62. The zero-order valence-electron chi connectivity index (χ0n) is 12.1. The number of nitrogens with one attached hydrogen (secondary N) is 1. The maximum Gasteiger partial charge on any atom is 0.250 e. The van der Waals surface area contributed by atoms with Gasteiger partial charge in [0.05, 0.1) is 0 Å². The molecule has 1 rings (SSSR count). The number of rotatable bonds is 10. The molecule has 0 saturated heterocycles. The molecule has 0 aliphatic rings. The van der Waals surface area contributed by atoms with E-state index in [0.717, 1.165) is 29.9 Å². The number of ether oxygens (including phenoxy) is 1. The molecule has 1 aromatic rings. The second-order valence-electron chi connectivity index (χ2n) is 4.59. The Morgan fingerprint density at radius 2 is 2.05 bits per heavy atom. The Morgan fingerprint density at radius 3 is 2.65 bits per heavy atom. The van der Waals surface area contributed by atoms with E-state index >= 15 is 0 Å². The van der Waals surface area contributed by atoms with Gasteiger partial charge in [-0.15, -0.1) is 11.3 Å². The summed E-state index contributed by atoms with van der Waals surface area (Å²) in [6.45, 7) is 6.07. The van der Waals surface area contributed by atoms with E-state index in [1.807, 2.05) is 6.92 Å². The number of sulfonamides is 1. The lowest BCUT2D eigenvalue weighted by molar-refractivity contribution is 0.130. The van der Waals surface area contributed by atoms with Crippen LogP contribution in [0, 0.1) is 6.92 Å². The summed E-state index contributed by atoms with van der Waals surface area (Å²) < 4.78 is 32.4. The molecular formula is C13H24N2O3S2. The molecule has 0 aliphatic carbocycles. The van der Waals surface area contributed by atoms with E-state index in [1.165, 1.54) is 11.3 Å². The molecule has 0 saturated carbocycles. The average molecular weight is 320 g/mol. The van der Waals surface area contributed by atoms with Gasteiger partial charge in [0.15, 0.2) is 0 Å². The fourth-order valence-corrected chi connectivity index (χ4v) is 4.21. The third-order valence-corrected chi connectivity index (χ3v) is 6.04. The minimum Gasteiger partial charge on any atom is -0.381 e. The molecule has 3 N–H and O–H groups in total. The van der Waals surface area contributed by atoms with E-state index in [9.17, 15) is 8.42 Å². The van der Waals surface area contributed by atoms with Crippen LogP contribution >= 0.6 is 11.3 Å². The van der Waals surface area contributed by atoms with Gasteiger partial charge in [0.25, 0.3) is 0 Å². The first-order chi connectivity index (χ1) is 9.51. The minimum atomic E-state index is -3.41. The molecule has 0 radical (unpaired) electrons. The summed E-state index contributed by atoms with van der Waals surface area (Å²) in [5.41, 5.74) is 6.50. The molecule has 1 heterocycles. The highest BCUT2D eigenvalue weighted by Crippen LogP contribution is 2.25. The summed E-state index contributed by atoms with van der Waals surface area (Å²) in [6, 6.07) is 1.67. The van der Waals surface area contributed by atoms with Crippen LogP contribution in [0.3, 0.4) is 0 Å². The number of nitrogens with two attached hydrogens (primary N) is 1. The van der Waals surface area contributed by atoms with Gasteiger partial charge in [-0.2, -0.15) is 0 Å². The molecule has 5 nitrogen and oxygen atoms in total. The standard InChI is InChI=1S/C13H24N2O3S2/c1-3-4-7-18-8-5-6-15-20(16,17)13-9-11(2)12(10-14)19-13/h9,15H,3-8,10,14H2,1-2H3. The van der Waals surface area contributed by atoms with E-state index in [4.69, 9.17) is 10.5 Å². The Balaban J connectivity index is 2.38. The normalized spacial score (nSPS) is 11.9. The summed E-state index contributed by atoms with van der Waals surface area (Å²) in [5.74, 6) is 0. The first-order valence-electron chi connectivity index (χ1n) is 6.88. The Morgan fingerprint density at radius 1 is 1.35 bits per heavy atom. The van der Waals surface area contributed by atoms with Crippen molar-refractivity contribution in [2.45, 2.75) is 43.9 Å². The van der Waals surface area contributed by atoms with Gasteiger partial charge in [-0.3, -0.25) is 0 Å². The van der Waals surface area contributed by atoms with Gasteiger partial charge >= 0.3 is 0 Å². The summed E-state index contributed by atoms with van der Waals surface area (Å²) in [5, 5.41) is 0. The smallest absolute Gasteiger partial charge is 0.250 e. The number of hydrogen-bond donors (Lipinski definition) is 2. The van der Waals surface area contributed by atoms with Crippen LogP contribution < -0.4 is 10.5 Å². The Hall–Kier alpha value is -0.470. The van der Waals surface area contributed by atoms with Gasteiger partial charge in [-0.05, 0) is 31.4 Å². The molecule has 0 unspecified atom stereocenters. The lowest BCUT2D eigenvalue weighted by atomic mass is 10.3. The molecule has 0 spiro atoms. The topological polar surface area (TPSA) is 81.4 Å². The van der Waals surface area contributed by atoms with Crippen LogP contribution in [0.2, 0.25) is 0 Å². The van der Waals surface area contributed by atoms with E-state index in [1.54, 1.807) is 6.07 Å². The highest BCUT2D eigenvalue weighted by atomic mass is 32.2. The highest BCUT2D eigenvalue weighted by molar-refractivity contribution is 7.91. The molecule has 116 valence electrons. The number of thiophene rings is 1. The third kappa shape index (κ3) is 5.49. The largest absolute Gasteiger partial charge is 0.381 e. The molecule has 0 aliphatic heterocycles. The van der Waals surface area contributed by atoms with E-state index < -0.39 is 10.0 Å². The molecule has 0 atom stereocenters. The van der Waals surface area contributed by atoms with Crippen LogP contribution in [0.4, 0.5) is 0 Å². The first-order valence-corrected chi connectivity index (χ1v) is 9.18. The molecule has 0 bridgehead atoms. The third-order valence-electron chi connectivity index (χ3n) is 2.85. The quantitative estimate of drug-likeness (QED) is 0.646. The van der Waals surface area contributed by atoms with Crippen molar-refractivity contribution in [2.24, 2.45) is 5.73 Å². The predicted molar refractivity (Wildman–Crippen MR) is 82.5 cm³/mol. The van der Waals surface area contributed by atoms with Crippen molar-refractivity contribution in [3.63, 3.8) is 0 Å². The summed E-state index contributed by atoms with van der Waals surface area (Å²) in [4.78, 5) is 0.910. The molecule has 0 amide bonds. The van der Waals surface area contributed by atoms with E-state index in [2.05, 4.69) is 11.6 Å². The SMILES string of the molecule is CCCCOCCCNS(=O)(=O)c1cc(C)c(CN)s1. The van der Waals surface area contributed by atoms with E-state index in [-0.39, 0.29) is 0 Å². The van der Waals surface area contributed by atoms with Crippen molar-refractivity contribution in [1.82, 2.24) is 4.72 Å². The Bertz CT molecular complexity index is 498. The van der Waals surface area contributed by atoms with Crippen molar-refractivity contribution in [2.75, 3.05) is 19.8 Å². The van der Waals surface area contributed by atoms with Crippen molar-refractivity contribution < 1.29 is 13.2 Å². The van der Waals surface area contributed by atoms with Crippen LogP contribution in [0.1, 0.15) is 36.6 Å². The first kappa shape index (κ1) is 17.6. The van der Waals surface area contributed by atoms with Gasteiger partial charge in [0, 0.05) is 31.2 Å². The molecule has 1 aromatic heterocycles. The van der Waals surface area contributed by atoms with E-state index in [0.29, 0.717) is 30.3 Å². The number of aryl methyl sites for hydroxylation is 1. The predicted octanol–water partition coefficient (Wildman–Crippen LogP) is 2.00. The van der Waals surface area contributed by atoms with Crippen molar-refractivity contribution in [3.8, 4) is 0 Å². The van der Waals surface area contributed by atoms with Gasteiger partial charge < -0.3 is 10.5 Å². The molecule has 0 fully saturated rings. The van der Waals surface area contributed by atoms with Gasteiger partial charge in [-0.25, -0.2) is 13.1 Å². The maximum atomic E-state index is 12.1. The maximum absolute atomic E-state index is 12.1. The minimum absolute atomic E-state index is 0.336. The van der Waals surface area contributed by atoms with Crippen LogP contribution in [-0.2, 0) is 21.3 Å². The zero-order valence-corrected chi connectivity index (χ0v) is 13.8. The average Bonchev–Trinajstić information content (AvgIpc) is 2.80. The molecule has 20 heavy (non-hydrogen) atoms. The fraction of sp³-hybridized carbons (Fsp3) is 0.692. The molecule has 7 heteroatoms. The molecule has 0 aromatic carbocycles. The lowest BCUT2D eigenvalue weighted by Crippen LogP contribution is -2.24. The van der Waals surface area contributed by atoms with Crippen molar-refractivity contribution >= 4 is 21.4 Å². The summed E-state index contributed by atoms with van der Waals surface area (Å²) >= 11 is 1.23. The second-order valence-corrected chi connectivity index (χ2v) is 7.72.